The first-order chi connectivity index (χ1) is 10.2. The van der Waals surface area contributed by atoms with Crippen LogP contribution >= 0.6 is 0 Å². The lowest BCUT2D eigenvalue weighted by molar-refractivity contribution is -0.136. The van der Waals surface area contributed by atoms with Crippen molar-refractivity contribution in [2.75, 3.05) is 0 Å². The Morgan fingerprint density at radius 3 is 2.38 bits per heavy atom. The van der Waals surface area contributed by atoms with Gasteiger partial charge in [-0.05, 0) is 28.8 Å². The molecule has 2 aromatic carbocycles. The molecule has 0 aliphatic carbocycles. The lowest BCUT2D eigenvalue weighted by Crippen LogP contribution is -1.99. The lowest BCUT2D eigenvalue weighted by Gasteiger charge is -2.07. The summed E-state index contributed by atoms with van der Waals surface area (Å²) in [5.41, 5.74) is 3.76. The van der Waals surface area contributed by atoms with Gasteiger partial charge in [0.05, 0.1) is 6.42 Å². The van der Waals surface area contributed by atoms with Crippen LogP contribution in [0.3, 0.4) is 0 Å². The minimum atomic E-state index is -0.828. The molecule has 0 fully saturated rings. The third-order valence-electron chi connectivity index (χ3n) is 3.18. The van der Waals surface area contributed by atoms with E-state index in [4.69, 9.17) is 5.11 Å². The second-order valence-electron chi connectivity index (χ2n) is 4.69. The minimum Gasteiger partial charge on any atom is -0.481 e. The molecule has 0 aliphatic rings. The third kappa shape index (κ3) is 2.97. The maximum Gasteiger partial charge on any atom is 0.307 e. The molecule has 5 nitrogen and oxygen atoms in total. The van der Waals surface area contributed by atoms with Gasteiger partial charge >= 0.3 is 5.97 Å². The number of rotatable bonds is 4. The van der Waals surface area contributed by atoms with Gasteiger partial charge in [0.1, 0.15) is 12.7 Å². The molecule has 1 N–H and O–H groups in total. The van der Waals surface area contributed by atoms with Crippen LogP contribution in [-0.4, -0.2) is 25.8 Å². The fraction of sp³-hybridized carbons (Fsp3) is 0.0625. The Balaban J connectivity index is 1.97. The van der Waals surface area contributed by atoms with E-state index in [9.17, 15) is 4.79 Å². The van der Waals surface area contributed by atoms with Crippen molar-refractivity contribution in [2.24, 2.45) is 0 Å². The minimum absolute atomic E-state index is 0.0268. The summed E-state index contributed by atoms with van der Waals surface area (Å²) in [5, 5.41) is 16.5. The molecule has 3 aromatic rings. The monoisotopic (exact) mass is 279 g/mol. The van der Waals surface area contributed by atoms with E-state index < -0.39 is 5.97 Å². The molecular weight excluding hydrogens is 266 g/mol. The lowest BCUT2D eigenvalue weighted by atomic mass is 10.0. The van der Waals surface area contributed by atoms with Crippen LogP contribution in [0, 0.1) is 0 Å². The molecule has 104 valence electrons. The fourth-order valence-electron chi connectivity index (χ4n) is 2.22. The van der Waals surface area contributed by atoms with Gasteiger partial charge in [0.15, 0.2) is 0 Å². The second-order valence-corrected chi connectivity index (χ2v) is 4.69. The topological polar surface area (TPSA) is 68.0 Å². The Morgan fingerprint density at radius 1 is 1.00 bits per heavy atom. The van der Waals surface area contributed by atoms with Crippen LogP contribution in [0.4, 0.5) is 0 Å². The van der Waals surface area contributed by atoms with Gasteiger partial charge in [-0.15, -0.1) is 10.2 Å². The molecule has 0 radical (unpaired) electrons. The van der Waals surface area contributed by atoms with Gasteiger partial charge in [-0.25, -0.2) is 0 Å². The van der Waals surface area contributed by atoms with E-state index in [2.05, 4.69) is 10.2 Å². The Labute approximate surface area is 121 Å². The van der Waals surface area contributed by atoms with Gasteiger partial charge in [0.25, 0.3) is 0 Å². The van der Waals surface area contributed by atoms with Crippen molar-refractivity contribution >= 4 is 5.97 Å². The Bertz CT molecular complexity index is 767. The highest BCUT2D eigenvalue weighted by atomic mass is 16.4. The summed E-state index contributed by atoms with van der Waals surface area (Å²) in [4.78, 5) is 10.8. The maximum atomic E-state index is 10.8. The molecule has 0 bridgehead atoms. The first-order valence-corrected chi connectivity index (χ1v) is 6.48. The van der Waals surface area contributed by atoms with Crippen LogP contribution in [0.15, 0.2) is 61.2 Å². The standard InChI is InChI=1S/C16H13N3O2/c20-16(21)8-12-3-1-4-13(7-12)14-5-2-6-15(9-14)19-10-17-18-11-19/h1-7,9-11H,8H2,(H,20,21). The summed E-state index contributed by atoms with van der Waals surface area (Å²) in [6, 6.07) is 15.5. The van der Waals surface area contributed by atoms with Crippen LogP contribution in [0.2, 0.25) is 0 Å². The van der Waals surface area contributed by atoms with Crippen molar-refractivity contribution in [1.29, 1.82) is 0 Å². The van der Waals surface area contributed by atoms with E-state index in [0.29, 0.717) is 0 Å². The predicted octanol–water partition coefficient (Wildman–Crippen LogP) is 2.56. The average Bonchev–Trinajstić information content (AvgIpc) is 3.01. The molecule has 5 heteroatoms. The van der Waals surface area contributed by atoms with Gasteiger partial charge in [-0.3, -0.25) is 9.36 Å². The molecule has 21 heavy (non-hydrogen) atoms. The van der Waals surface area contributed by atoms with Crippen LogP contribution in [-0.2, 0) is 11.2 Å². The fourth-order valence-corrected chi connectivity index (χ4v) is 2.22. The zero-order valence-corrected chi connectivity index (χ0v) is 11.2. The van der Waals surface area contributed by atoms with Crippen molar-refractivity contribution in [3.8, 4) is 16.8 Å². The summed E-state index contributed by atoms with van der Waals surface area (Å²) in [5.74, 6) is -0.828. The van der Waals surface area contributed by atoms with Gasteiger partial charge in [-0.1, -0.05) is 36.4 Å². The smallest absolute Gasteiger partial charge is 0.307 e. The van der Waals surface area contributed by atoms with Crippen molar-refractivity contribution in [3.05, 3.63) is 66.7 Å². The molecule has 0 aliphatic heterocycles. The number of hydrogen-bond acceptors (Lipinski definition) is 3. The highest BCUT2D eigenvalue weighted by Crippen LogP contribution is 2.23. The van der Waals surface area contributed by atoms with Gasteiger partial charge in [0.2, 0.25) is 0 Å². The first-order valence-electron chi connectivity index (χ1n) is 6.48. The van der Waals surface area contributed by atoms with E-state index in [1.807, 2.05) is 53.1 Å². The van der Waals surface area contributed by atoms with Crippen molar-refractivity contribution in [2.45, 2.75) is 6.42 Å². The predicted molar refractivity (Wildman–Crippen MR) is 78.1 cm³/mol. The molecule has 0 unspecified atom stereocenters. The Morgan fingerprint density at radius 2 is 1.67 bits per heavy atom. The van der Waals surface area contributed by atoms with Crippen LogP contribution in [0.5, 0.6) is 0 Å². The van der Waals surface area contributed by atoms with E-state index in [1.54, 1.807) is 12.7 Å². The first kappa shape index (κ1) is 13.1. The highest BCUT2D eigenvalue weighted by Gasteiger charge is 2.04. The van der Waals surface area contributed by atoms with Crippen molar-refractivity contribution in [3.63, 3.8) is 0 Å². The maximum absolute atomic E-state index is 10.8. The number of hydrogen-bond donors (Lipinski definition) is 1. The summed E-state index contributed by atoms with van der Waals surface area (Å²) in [6.45, 7) is 0. The summed E-state index contributed by atoms with van der Waals surface area (Å²) < 4.78 is 1.82. The summed E-state index contributed by atoms with van der Waals surface area (Å²) in [7, 11) is 0. The molecule has 1 heterocycles. The molecule has 0 amide bonds. The van der Waals surface area contributed by atoms with Crippen molar-refractivity contribution in [1.82, 2.24) is 14.8 Å². The number of aromatic nitrogens is 3. The quantitative estimate of drug-likeness (QED) is 0.797. The number of carboxylic acids is 1. The third-order valence-corrected chi connectivity index (χ3v) is 3.18. The van der Waals surface area contributed by atoms with Gasteiger partial charge < -0.3 is 5.11 Å². The number of carbonyl (C=O) groups is 1. The second kappa shape index (κ2) is 5.58. The number of nitrogens with zero attached hydrogens (tertiary/aromatic N) is 3. The number of aliphatic carboxylic acids is 1. The molecule has 3 rings (SSSR count). The molecular formula is C16H13N3O2. The SMILES string of the molecule is O=C(O)Cc1cccc(-c2cccc(-n3cnnc3)c2)c1. The van der Waals surface area contributed by atoms with Crippen molar-refractivity contribution < 1.29 is 9.90 Å². The molecule has 0 spiro atoms. The van der Waals surface area contributed by atoms with Crippen LogP contribution in [0.1, 0.15) is 5.56 Å². The number of benzene rings is 2. The number of carboxylic acid groups (broad SMARTS) is 1. The average molecular weight is 279 g/mol. The molecule has 0 saturated heterocycles. The molecule has 1 aromatic heterocycles. The largest absolute Gasteiger partial charge is 0.481 e. The van der Waals surface area contributed by atoms with E-state index in [-0.39, 0.29) is 6.42 Å². The van der Waals surface area contributed by atoms with Gasteiger partial charge in [-0.2, -0.15) is 0 Å². The Kier molecular flexibility index (Phi) is 3.47. The Hall–Kier alpha value is -2.95. The summed E-state index contributed by atoms with van der Waals surface area (Å²) in [6.07, 6.45) is 3.30. The highest BCUT2D eigenvalue weighted by molar-refractivity contribution is 5.72. The zero-order valence-electron chi connectivity index (χ0n) is 11.2. The van der Waals surface area contributed by atoms with Crippen LogP contribution in [0.25, 0.3) is 16.8 Å². The molecule has 0 saturated carbocycles. The van der Waals surface area contributed by atoms with E-state index in [0.717, 1.165) is 22.4 Å². The molecule has 0 atom stereocenters. The van der Waals surface area contributed by atoms with E-state index in [1.165, 1.54) is 0 Å². The van der Waals surface area contributed by atoms with Gasteiger partial charge in [0, 0.05) is 5.69 Å². The normalized spacial score (nSPS) is 10.5. The zero-order chi connectivity index (χ0) is 14.7. The van der Waals surface area contributed by atoms with Crippen LogP contribution < -0.4 is 0 Å². The summed E-state index contributed by atoms with van der Waals surface area (Å²) >= 11 is 0. The van der Waals surface area contributed by atoms with E-state index >= 15 is 0 Å².